The van der Waals surface area contributed by atoms with Crippen LogP contribution in [0.5, 0.6) is 0 Å². The molecule has 1 rings (SSSR count). The molecule has 1 aromatic carbocycles. The van der Waals surface area contributed by atoms with Gasteiger partial charge in [-0.05, 0) is 31.6 Å². The van der Waals surface area contributed by atoms with Crippen molar-refractivity contribution >= 4 is 7.12 Å². The van der Waals surface area contributed by atoms with Gasteiger partial charge in [0.1, 0.15) is 0 Å². The number of unbranched alkanes of at least 4 members (excludes halogenated alkanes) is 2. The molecule has 0 bridgehead atoms. The van der Waals surface area contributed by atoms with Crippen LogP contribution in [0.1, 0.15) is 30.4 Å². The third-order valence-electron chi connectivity index (χ3n) is 2.51. The summed E-state index contributed by atoms with van der Waals surface area (Å²) in [5.41, 5.74) is 2.68. The van der Waals surface area contributed by atoms with E-state index in [0.29, 0.717) is 6.32 Å². The average Bonchev–Trinajstić information content (AvgIpc) is 2.17. The Morgan fingerprint density at radius 3 is 2.60 bits per heavy atom. The molecule has 82 valence electrons. The SMILES string of the molecule is Cc1cccc(CCCCCB(O)O)c1. The minimum atomic E-state index is -1.14. The molecular formula is C12H19BO2. The van der Waals surface area contributed by atoms with Gasteiger partial charge in [0.05, 0.1) is 0 Å². The van der Waals surface area contributed by atoms with Gasteiger partial charge in [-0.15, -0.1) is 0 Å². The second-order valence-electron chi connectivity index (χ2n) is 4.07. The van der Waals surface area contributed by atoms with Crippen LogP contribution in [0.15, 0.2) is 24.3 Å². The van der Waals surface area contributed by atoms with Crippen LogP contribution in [0, 0.1) is 6.92 Å². The number of benzene rings is 1. The van der Waals surface area contributed by atoms with Gasteiger partial charge in [0.2, 0.25) is 0 Å². The standard InChI is InChI=1S/C12H19BO2/c1-11-6-5-8-12(10-11)7-3-2-4-9-13(14)15/h5-6,8,10,14-15H,2-4,7,9H2,1H3. The molecule has 0 heterocycles. The van der Waals surface area contributed by atoms with E-state index in [1.165, 1.54) is 11.1 Å². The molecule has 2 nitrogen and oxygen atoms in total. The highest BCUT2D eigenvalue weighted by atomic mass is 16.4. The van der Waals surface area contributed by atoms with E-state index in [-0.39, 0.29) is 0 Å². The van der Waals surface area contributed by atoms with Crippen molar-refractivity contribution in [3.63, 3.8) is 0 Å². The van der Waals surface area contributed by atoms with E-state index >= 15 is 0 Å². The lowest BCUT2D eigenvalue weighted by molar-refractivity contribution is 0.401. The van der Waals surface area contributed by atoms with Crippen molar-refractivity contribution in [1.29, 1.82) is 0 Å². The predicted molar refractivity (Wildman–Crippen MR) is 63.7 cm³/mol. The molecule has 0 aromatic heterocycles. The zero-order valence-corrected chi connectivity index (χ0v) is 9.32. The Morgan fingerprint density at radius 1 is 1.13 bits per heavy atom. The Kier molecular flexibility index (Phi) is 5.44. The molecule has 15 heavy (non-hydrogen) atoms. The van der Waals surface area contributed by atoms with Crippen LogP contribution < -0.4 is 0 Å². The van der Waals surface area contributed by atoms with Crippen molar-refractivity contribution in [2.75, 3.05) is 0 Å². The summed E-state index contributed by atoms with van der Waals surface area (Å²) in [7, 11) is -1.14. The summed E-state index contributed by atoms with van der Waals surface area (Å²) in [6.07, 6.45) is 4.65. The van der Waals surface area contributed by atoms with Gasteiger partial charge in [0, 0.05) is 0 Å². The highest BCUT2D eigenvalue weighted by Gasteiger charge is 2.04. The van der Waals surface area contributed by atoms with Crippen LogP contribution in [0.4, 0.5) is 0 Å². The first kappa shape index (κ1) is 12.3. The van der Waals surface area contributed by atoms with Gasteiger partial charge in [0.15, 0.2) is 0 Å². The molecule has 1 aromatic rings. The van der Waals surface area contributed by atoms with Gasteiger partial charge in [-0.2, -0.15) is 0 Å². The molecule has 2 N–H and O–H groups in total. The molecule has 0 aliphatic rings. The first-order chi connectivity index (χ1) is 7.18. The molecule has 0 atom stereocenters. The highest BCUT2D eigenvalue weighted by Crippen LogP contribution is 2.10. The van der Waals surface area contributed by atoms with E-state index < -0.39 is 7.12 Å². The molecule has 0 fully saturated rings. The van der Waals surface area contributed by atoms with Crippen LogP contribution in [0.25, 0.3) is 0 Å². The molecule has 0 saturated heterocycles. The monoisotopic (exact) mass is 206 g/mol. The van der Waals surface area contributed by atoms with Crippen molar-refractivity contribution in [2.45, 2.75) is 38.9 Å². The number of hydrogen-bond acceptors (Lipinski definition) is 2. The van der Waals surface area contributed by atoms with Crippen molar-refractivity contribution in [1.82, 2.24) is 0 Å². The zero-order chi connectivity index (χ0) is 11.1. The van der Waals surface area contributed by atoms with Gasteiger partial charge in [-0.3, -0.25) is 0 Å². The fourth-order valence-electron chi connectivity index (χ4n) is 1.70. The van der Waals surface area contributed by atoms with Gasteiger partial charge < -0.3 is 10.0 Å². The molecule has 0 unspecified atom stereocenters. The summed E-state index contributed by atoms with van der Waals surface area (Å²) < 4.78 is 0. The Bertz CT molecular complexity index is 287. The second kappa shape index (κ2) is 6.65. The first-order valence-electron chi connectivity index (χ1n) is 5.60. The topological polar surface area (TPSA) is 40.5 Å². The fourth-order valence-corrected chi connectivity index (χ4v) is 1.70. The number of aryl methyl sites for hydroxylation is 2. The largest absolute Gasteiger partial charge is 0.451 e. The van der Waals surface area contributed by atoms with Crippen molar-refractivity contribution < 1.29 is 10.0 Å². The van der Waals surface area contributed by atoms with E-state index in [9.17, 15) is 0 Å². The Morgan fingerprint density at radius 2 is 1.93 bits per heavy atom. The lowest BCUT2D eigenvalue weighted by Crippen LogP contribution is -2.09. The molecule has 0 amide bonds. The molecule has 0 aliphatic heterocycles. The van der Waals surface area contributed by atoms with E-state index in [0.717, 1.165) is 25.7 Å². The summed E-state index contributed by atoms with van der Waals surface area (Å²) in [6, 6.07) is 8.54. The van der Waals surface area contributed by atoms with E-state index in [2.05, 4.69) is 31.2 Å². The quantitative estimate of drug-likeness (QED) is 0.553. The third kappa shape index (κ3) is 5.60. The van der Waals surface area contributed by atoms with E-state index in [1.807, 2.05) is 0 Å². The second-order valence-corrected chi connectivity index (χ2v) is 4.07. The summed E-state index contributed by atoms with van der Waals surface area (Å²) in [5.74, 6) is 0. The van der Waals surface area contributed by atoms with Crippen LogP contribution in [0.2, 0.25) is 6.32 Å². The van der Waals surface area contributed by atoms with Gasteiger partial charge >= 0.3 is 7.12 Å². The maximum Gasteiger partial charge on any atom is 0.451 e. The minimum Gasteiger partial charge on any atom is -0.427 e. The van der Waals surface area contributed by atoms with Crippen LogP contribution in [0.3, 0.4) is 0 Å². The molecule has 0 aliphatic carbocycles. The predicted octanol–water partition coefficient (Wildman–Crippen LogP) is 2.18. The minimum absolute atomic E-state index is 0.494. The van der Waals surface area contributed by atoms with Crippen LogP contribution >= 0.6 is 0 Å². The Balaban J connectivity index is 2.15. The number of hydrogen-bond donors (Lipinski definition) is 2. The first-order valence-corrected chi connectivity index (χ1v) is 5.60. The van der Waals surface area contributed by atoms with Crippen molar-refractivity contribution in [2.24, 2.45) is 0 Å². The molecule has 0 spiro atoms. The van der Waals surface area contributed by atoms with Gasteiger partial charge in [0.25, 0.3) is 0 Å². The summed E-state index contributed by atoms with van der Waals surface area (Å²) in [6.45, 7) is 2.10. The van der Waals surface area contributed by atoms with Crippen LogP contribution in [-0.2, 0) is 6.42 Å². The molecule has 3 heteroatoms. The average molecular weight is 206 g/mol. The lowest BCUT2D eigenvalue weighted by Gasteiger charge is -2.02. The molecular weight excluding hydrogens is 187 g/mol. The van der Waals surface area contributed by atoms with Crippen molar-refractivity contribution in [3.8, 4) is 0 Å². The normalized spacial score (nSPS) is 10.3. The van der Waals surface area contributed by atoms with E-state index in [1.54, 1.807) is 0 Å². The smallest absolute Gasteiger partial charge is 0.427 e. The van der Waals surface area contributed by atoms with Crippen molar-refractivity contribution in [3.05, 3.63) is 35.4 Å². The highest BCUT2D eigenvalue weighted by molar-refractivity contribution is 6.40. The summed E-state index contributed by atoms with van der Waals surface area (Å²) in [5, 5.41) is 17.3. The fraction of sp³-hybridized carbons (Fsp3) is 0.500. The zero-order valence-electron chi connectivity index (χ0n) is 9.32. The Labute approximate surface area is 92.1 Å². The van der Waals surface area contributed by atoms with Gasteiger partial charge in [-0.25, -0.2) is 0 Å². The number of rotatable bonds is 6. The maximum atomic E-state index is 8.66. The van der Waals surface area contributed by atoms with E-state index in [4.69, 9.17) is 10.0 Å². The third-order valence-corrected chi connectivity index (χ3v) is 2.51. The lowest BCUT2D eigenvalue weighted by atomic mass is 9.83. The summed E-state index contributed by atoms with van der Waals surface area (Å²) >= 11 is 0. The van der Waals surface area contributed by atoms with Gasteiger partial charge in [-0.1, -0.05) is 42.7 Å². The maximum absolute atomic E-state index is 8.66. The van der Waals surface area contributed by atoms with Crippen LogP contribution in [-0.4, -0.2) is 17.2 Å². The molecule has 0 radical (unpaired) electrons. The molecule has 0 saturated carbocycles. The summed E-state index contributed by atoms with van der Waals surface area (Å²) in [4.78, 5) is 0. The Hall–Kier alpha value is -0.795.